The van der Waals surface area contributed by atoms with E-state index in [-0.39, 0.29) is 17.4 Å². The standard InChI is InChI=1S/C32H25N3O3S/c36-30(37)21-39-32-34-29(31(38)35-32)20-23-13-17-27(18-14-23)33-26-15-11-22(12-16-26)19-28(24-7-3-1-4-8-24)25-9-5-2-6-10-25/h1-20,33H,21H2,(H,36,37)(H,34,35,38)/b29-20-. The molecule has 5 rings (SSSR count). The zero-order chi connectivity index (χ0) is 27.0. The molecule has 4 aromatic rings. The second-order valence-electron chi connectivity index (χ2n) is 8.74. The van der Waals surface area contributed by atoms with E-state index in [1.807, 2.05) is 48.5 Å². The van der Waals surface area contributed by atoms with E-state index < -0.39 is 5.97 Å². The molecule has 0 atom stereocenters. The lowest BCUT2D eigenvalue weighted by atomic mass is 9.96. The fourth-order valence-electron chi connectivity index (χ4n) is 4.03. The molecule has 4 aromatic carbocycles. The topological polar surface area (TPSA) is 90.8 Å². The smallest absolute Gasteiger partial charge is 0.313 e. The molecule has 1 heterocycles. The lowest BCUT2D eigenvalue weighted by Gasteiger charge is -2.10. The van der Waals surface area contributed by atoms with Crippen LogP contribution in [0.3, 0.4) is 0 Å². The molecule has 3 N–H and O–H groups in total. The monoisotopic (exact) mass is 531 g/mol. The number of carboxylic acid groups (broad SMARTS) is 1. The third kappa shape index (κ3) is 6.91. The van der Waals surface area contributed by atoms with Crippen LogP contribution in [0.4, 0.5) is 11.4 Å². The molecule has 0 radical (unpaired) electrons. The predicted octanol–water partition coefficient (Wildman–Crippen LogP) is 6.66. The summed E-state index contributed by atoms with van der Waals surface area (Å²) in [5, 5.41) is 15.1. The van der Waals surface area contributed by atoms with E-state index in [1.165, 1.54) is 0 Å². The minimum absolute atomic E-state index is 0.161. The van der Waals surface area contributed by atoms with Crippen LogP contribution in [-0.4, -0.2) is 27.9 Å². The van der Waals surface area contributed by atoms with Gasteiger partial charge in [0.15, 0.2) is 5.17 Å². The quantitative estimate of drug-likeness (QED) is 0.175. The molecule has 0 bridgehead atoms. The number of benzene rings is 4. The molecule has 0 unspecified atom stereocenters. The Hall–Kier alpha value is -4.88. The van der Waals surface area contributed by atoms with Crippen molar-refractivity contribution in [2.45, 2.75) is 0 Å². The number of hydrogen-bond donors (Lipinski definition) is 3. The van der Waals surface area contributed by atoms with Crippen molar-refractivity contribution in [1.29, 1.82) is 0 Å². The number of aliphatic imine (C=N–C) groups is 1. The fourth-order valence-corrected chi connectivity index (χ4v) is 4.62. The Morgan fingerprint density at radius 1 is 0.795 bits per heavy atom. The van der Waals surface area contributed by atoms with Gasteiger partial charge in [-0.05, 0) is 64.2 Å². The highest BCUT2D eigenvalue weighted by atomic mass is 32.2. The van der Waals surface area contributed by atoms with Gasteiger partial charge in [0.1, 0.15) is 5.70 Å². The highest BCUT2D eigenvalue weighted by Crippen LogP contribution is 2.27. The number of rotatable bonds is 8. The van der Waals surface area contributed by atoms with Crippen molar-refractivity contribution in [2.24, 2.45) is 4.99 Å². The summed E-state index contributed by atoms with van der Waals surface area (Å²) >= 11 is 0.980. The first-order chi connectivity index (χ1) is 19.0. The maximum Gasteiger partial charge on any atom is 0.313 e. The highest BCUT2D eigenvalue weighted by molar-refractivity contribution is 8.14. The van der Waals surface area contributed by atoms with E-state index in [0.717, 1.165) is 51.0 Å². The van der Waals surface area contributed by atoms with E-state index in [1.54, 1.807) is 6.08 Å². The average Bonchev–Trinajstić information content (AvgIpc) is 3.32. The number of carbonyl (C=O) groups is 2. The van der Waals surface area contributed by atoms with E-state index in [2.05, 4.69) is 82.4 Å². The average molecular weight is 532 g/mol. The second kappa shape index (κ2) is 12.1. The van der Waals surface area contributed by atoms with Crippen molar-refractivity contribution in [2.75, 3.05) is 11.1 Å². The number of anilines is 2. The van der Waals surface area contributed by atoms with Crippen molar-refractivity contribution in [1.82, 2.24) is 5.32 Å². The summed E-state index contributed by atoms with van der Waals surface area (Å²) in [6.45, 7) is 0. The van der Waals surface area contributed by atoms with Crippen molar-refractivity contribution < 1.29 is 14.7 Å². The molecule has 1 aliphatic rings. The van der Waals surface area contributed by atoms with Gasteiger partial charge in [0.25, 0.3) is 5.91 Å². The van der Waals surface area contributed by atoms with Crippen LogP contribution < -0.4 is 10.6 Å². The number of hydrogen-bond acceptors (Lipinski definition) is 5. The lowest BCUT2D eigenvalue weighted by Crippen LogP contribution is -2.22. The molecule has 0 spiro atoms. The molecule has 0 fully saturated rings. The number of thioether (sulfide) groups is 1. The van der Waals surface area contributed by atoms with Crippen LogP contribution in [0, 0.1) is 0 Å². The van der Waals surface area contributed by atoms with Gasteiger partial charge in [-0.3, -0.25) is 14.9 Å². The summed E-state index contributed by atoms with van der Waals surface area (Å²) in [5.74, 6) is -1.47. The molecular formula is C32H25N3O3S. The normalized spacial score (nSPS) is 13.5. The van der Waals surface area contributed by atoms with Gasteiger partial charge in [-0.2, -0.15) is 0 Å². The molecule has 0 saturated heterocycles. The van der Waals surface area contributed by atoms with Gasteiger partial charge in [-0.1, -0.05) is 96.7 Å². The van der Waals surface area contributed by atoms with Gasteiger partial charge < -0.3 is 10.4 Å². The molecule has 0 saturated carbocycles. The van der Waals surface area contributed by atoms with Crippen LogP contribution in [0.25, 0.3) is 17.7 Å². The van der Waals surface area contributed by atoms with Crippen molar-refractivity contribution in [3.8, 4) is 0 Å². The van der Waals surface area contributed by atoms with Crippen LogP contribution in [0.1, 0.15) is 22.3 Å². The molecule has 1 aliphatic heterocycles. The molecular weight excluding hydrogens is 506 g/mol. The molecule has 192 valence electrons. The van der Waals surface area contributed by atoms with E-state index in [4.69, 9.17) is 5.11 Å². The van der Waals surface area contributed by atoms with Crippen molar-refractivity contribution >= 4 is 57.9 Å². The highest BCUT2D eigenvalue weighted by Gasteiger charge is 2.20. The Kier molecular flexibility index (Phi) is 8.00. The Balaban J connectivity index is 1.28. The number of nitrogens with zero attached hydrogens (tertiary/aromatic N) is 1. The third-order valence-corrected chi connectivity index (χ3v) is 6.76. The Bertz CT molecular complexity index is 1520. The molecule has 39 heavy (non-hydrogen) atoms. The van der Waals surface area contributed by atoms with Crippen molar-refractivity contribution in [3.05, 3.63) is 137 Å². The van der Waals surface area contributed by atoms with Crippen LogP contribution in [0.5, 0.6) is 0 Å². The predicted molar refractivity (Wildman–Crippen MR) is 160 cm³/mol. The molecule has 7 heteroatoms. The molecule has 0 aliphatic carbocycles. The van der Waals surface area contributed by atoms with Crippen LogP contribution in [-0.2, 0) is 9.59 Å². The van der Waals surface area contributed by atoms with Crippen molar-refractivity contribution in [3.63, 3.8) is 0 Å². The van der Waals surface area contributed by atoms with Gasteiger partial charge >= 0.3 is 5.97 Å². The summed E-state index contributed by atoms with van der Waals surface area (Å²) in [5.41, 5.74) is 7.52. The lowest BCUT2D eigenvalue weighted by molar-refractivity contribution is -0.133. The number of amides is 1. The summed E-state index contributed by atoms with van der Waals surface area (Å²) < 4.78 is 0. The van der Waals surface area contributed by atoms with Gasteiger partial charge in [-0.25, -0.2) is 4.99 Å². The first-order valence-corrected chi connectivity index (χ1v) is 13.3. The van der Waals surface area contributed by atoms with E-state index >= 15 is 0 Å². The summed E-state index contributed by atoms with van der Waals surface area (Å²) in [4.78, 5) is 27.0. The molecule has 1 amide bonds. The first-order valence-electron chi connectivity index (χ1n) is 12.3. The van der Waals surface area contributed by atoms with Crippen LogP contribution >= 0.6 is 11.8 Å². The number of amidine groups is 1. The fraction of sp³-hybridized carbons (Fsp3) is 0.0312. The van der Waals surface area contributed by atoms with Gasteiger partial charge in [0.2, 0.25) is 0 Å². The Labute approximate surface area is 230 Å². The van der Waals surface area contributed by atoms with Crippen LogP contribution in [0.2, 0.25) is 0 Å². The zero-order valence-corrected chi connectivity index (χ0v) is 21.7. The van der Waals surface area contributed by atoms with E-state index in [9.17, 15) is 9.59 Å². The van der Waals surface area contributed by atoms with E-state index in [0.29, 0.717) is 5.17 Å². The number of carboxylic acids is 1. The summed E-state index contributed by atoms with van der Waals surface area (Å²) in [7, 11) is 0. The summed E-state index contributed by atoms with van der Waals surface area (Å²) in [6.07, 6.45) is 3.87. The maximum atomic E-state index is 12.1. The number of aliphatic carboxylic acids is 1. The Morgan fingerprint density at radius 2 is 1.33 bits per heavy atom. The Morgan fingerprint density at radius 3 is 1.87 bits per heavy atom. The van der Waals surface area contributed by atoms with Gasteiger partial charge in [0.05, 0.1) is 5.75 Å². The zero-order valence-electron chi connectivity index (χ0n) is 20.9. The molecule has 6 nitrogen and oxygen atoms in total. The largest absolute Gasteiger partial charge is 0.481 e. The minimum Gasteiger partial charge on any atom is -0.481 e. The first kappa shape index (κ1) is 25.8. The second-order valence-corrected chi connectivity index (χ2v) is 9.71. The molecule has 0 aromatic heterocycles. The number of carbonyl (C=O) groups excluding carboxylic acids is 1. The third-order valence-electron chi connectivity index (χ3n) is 5.90. The van der Waals surface area contributed by atoms with Crippen LogP contribution in [0.15, 0.2) is 120 Å². The van der Waals surface area contributed by atoms with Gasteiger partial charge in [0, 0.05) is 11.4 Å². The summed E-state index contributed by atoms with van der Waals surface area (Å²) in [6, 6.07) is 36.6. The maximum absolute atomic E-state index is 12.1. The minimum atomic E-state index is -0.965. The van der Waals surface area contributed by atoms with Gasteiger partial charge in [-0.15, -0.1) is 0 Å². The SMILES string of the molecule is O=C(O)CSC1=N/C(=C\c2ccc(Nc3ccc(C=C(c4ccccc4)c4ccccc4)cc3)cc2)C(=O)N1. The number of nitrogens with one attached hydrogen (secondary N) is 2.